The van der Waals surface area contributed by atoms with Crippen LogP contribution in [0.5, 0.6) is 0 Å². The average Bonchev–Trinajstić information content (AvgIpc) is 2.83. The van der Waals surface area contributed by atoms with E-state index in [9.17, 15) is 0 Å². The van der Waals surface area contributed by atoms with E-state index in [2.05, 4.69) is 49.7 Å². The maximum Gasteiger partial charge on any atom is 0.0346 e. The second-order valence-electron chi connectivity index (χ2n) is 5.10. The van der Waals surface area contributed by atoms with E-state index in [1.54, 1.807) is 0 Å². The van der Waals surface area contributed by atoms with Crippen molar-refractivity contribution in [3.05, 3.63) is 33.6 Å². The Bertz CT molecular complexity index is 546. The molecular weight excluding hydrogens is 320 g/mol. The minimum absolute atomic E-state index is 1.15. The molecule has 2 aromatic rings. The highest BCUT2D eigenvalue weighted by Gasteiger charge is 2.10. The van der Waals surface area contributed by atoms with E-state index in [0.29, 0.717) is 0 Å². The zero-order chi connectivity index (χ0) is 13.1. The van der Waals surface area contributed by atoms with Crippen molar-refractivity contribution < 1.29 is 0 Å². The zero-order valence-electron chi connectivity index (χ0n) is 11.0. The second-order valence-corrected chi connectivity index (χ2v) is 6.92. The fourth-order valence-corrected chi connectivity index (χ4v) is 4.01. The van der Waals surface area contributed by atoms with Gasteiger partial charge in [0.25, 0.3) is 0 Å². The number of aryl methyl sites for hydroxylation is 1. The molecule has 0 bridgehead atoms. The lowest BCUT2D eigenvalue weighted by Crippen LogP contribution is -2.43. The Morgan fingerprint density at radius 3 is 2.95 bits per heavy atom. The summed E-state index contributed by atoms with van der Waals surface area (Å²) in [6, 6.07) is 6.60. The largest absolute Gasteiger partial charge is 0.314 e. The summed E-state index contributed by atoms with van der Waals surface area (Å²) in [7, 11) is 0. The van der Waals surface area contributed by atoms with Gasteiger partial charge >= 0.3 is 0 Å². The first-order chi connectivity index (χ1) is 9.33. The highest BCUT2D eigenvalue weighted by molar-refractivity contribution is 9.10. The summed E-state index contributed by atoms with van der Waals surface area (Å²) in [5, 5.41) is 7.16. The lowest BCUT2D eigenvalue weighted by atomic mass is 10.1. The quantitative estimate of drug-likeness (QED) is 0.917. The van der Waals surface area contributed by atoms with E-state index in [4.69, 9.17) is 0 Å². The van der Waals surface area contributed by atoms with Gasteiger partial charge < -0.3 is 10.2 Å². The van der Waals surface area contributed by atoms with Gasteiger partial charge in [0.05, 0.1) is 0 Å². The normalized spacial score (nSPS) is 17.1. The third kappa shape index (κ3) is 3.37. The summed E-state index contributed by atoms with van der Waals surface area (Å²) in [5.74, 6) is 0. The number of benzene rings is 1. The molecule has 0 aliphatic carbocycles. The summed E-state index contributed by atoms with van der Waals surface area (Å²) >= 11 is 5.44. The molecule has 19 heavy (non-hydrogen) atoms. The Morgan fingerprint density at radius 2 is 2.11 bits per heavy atom. The smallest absolute Gasteiger partial charge is 0.0346 e. The first-order valence-corrected chi connectivity index (χ1v) is 8.59. The molecule has 1 fully saturated rings. The molecule has 0 amide bonds. The number of hydrogen-bond donors (Lipinski definition) is 1. The Labute approximate surface area is 126 Å². The molecule has 0 unspecified atom stereocenters. The standard InChI is InChI=1S/C15H19BrN2S/c16-13-3-4-15-14(10-13)12(11-19-15)2-1-7-18-8-5-17-6-9-18/h3-4,10-11,17H,1-2,5-9H2. The topological polar surface area (TPSA) is 15.3 Å². The third-order valence-corrected chi connectivity index (χ3v) is 5.25. The van der Waals surface area contributed by atoms with Crippen molar-refractivity contribution in [3.63, 3.8) is 0 Å². The fraction of sp³-hybridized carbons (Fsp3) is 0.467. The number of nitrogens with one attached hydrogen (secondary N) is 1. The van der Waals surface area contributed by atoms with Gasteiger partial charge in [-0.3, -0.25) is 0 Å². The highest BCUT2D eigenvalue weighted by atomic mass is 79.9. The first-order valence-electron chi connectivity index (χ1n) is 6.91. The van der Waals surface area contributed by atoms with Crippen LogP contribution in [-0.2, 0) is 6.42 Å². The Kier molecular flexibility index (Phi) is 4.53. The van der Waals surface area contributed by atoms with Crippen LogP contribution in [-0.4, -0.2) is 37.6 Å². The lowest BCUT2D eigenvalue weighted by Gasteiger charge is -2.26. The van der Waals surface area contributed by atoms with Crippen molar-refractivity contribution in [2.24, 2.45) is 0 Å². The van der Waals surface area contributed by atoms with E-state index in [1.165, 1.54) is 52.6 Å². The van der Waals surface area contributed by atoms with Crippen LogP contribution in [0.1, 0.15) is 12.0 Å². The van der Waals surface area contributed by atoms with E-state index in [1.807, 2.05) is 11.3 Å². The van der Waals surface area contributed by atoms with E-state index in [-0.39, 0.29) is 0 Å². The molecule has 1 N–H and O–H groups in total. The molecule has 0 radical (unpaired) electrons. The Hall–Kier alpha value is -0.420. The van der Waals surface area contributed by atoms with Crippen molar-refractivity contribution in [3.8, 4) is 0 Å². The van der Waals surface area contributed by atoms with Gasteiger partial charge in [-0.15, -0.1) is 11.3 Å². The molecule has 0 atom stereocenters. The summed E-state index contributed by atoms with van der Waals surface area (Å²) in [6.07, 6.45) is 2.46. The number of fused-ring (bicyclic) bond motifs is 1. The predicted molar refractivity (Wildman–Crippen MR) is 87.2 cm³/mol. The molecule has 1 saturated heterocycles. The van der Waals surface area contributed by atoms with Crippen LogP contribution >= 0.6 is 27.3 Å². The molecule has 1 aromatic carbocycles. The molecule has 1 aromatic heterocycles. The van der Waals surface area contributed by atoms with Gasteiger partial charge in [-0.1, -0.05) is 15.9 Å². The van der Waals surface area contributed by atoms with Crippen molar-refractivity contribution >= 4 is 37.4 Å². The van der Waals surface area contributed by atoms with Crippen LogP contribution in [0.15, 0.2) is 28.1 Å². The molecular formula is C15H19BrN2S. The van der Waals surface area contributed by atoms with Crippen LogP contribution < -0.4 is 5.32 Å². The summed E-state index contributed by atoms with van der Waals surface area (Å²) in [6.45, 7) is 5.93. The molecule has 3 rings (SSSR count). The monoisotopic (exact) mass is 338 g/mol. The number of piperazine rings is 1. The van der Waals surface area contributed by atoms with Crippen LogP contribution in [0, 0.1) is 0 Å². The predicted octanol–water partition coefficient (Wildman–Crippen LogP) is 3.50. The van der Waals surface area contributed by atoms with Gasteiger partial charge in [-0.05, 0) is 53.9 Å². The number of hydrogen-bond acceptors (Lipinski definition) is 3. The SMILES string of the molecule is Brc1ccc2scc(CCCN3CCNCC3)c2c1. The van der Waals surface area contributed by atoms with Gasteiger partial charge in [-0.2, -0.15) is 0 Å². The van der Waals surface area contributed by atoms with Crippen LogP contribution in [0.2, 0.25) is 0 Å². The summed E-state index contributed by atoms with van der Waals surface area (Å²) in [5.41, 5.74) is 1.51. The summed E-state index contributed by atoms with van der Waals surface area (Å²) < 4.78 is 2.59. The molecule has 102 valence electrons. The van der Waals surface area contributed by atoms with Crippen molar-refractivity contribution in [2.45, 2.75) is 12.8 Å². The highest BCUT2D eigenvalue weighted by Crippen LogP contribution is 2.29. The van der Waals surface area contributed by atoms with Crippen LogP contribution in [0.3, 0.4) is 0 Å². The summed E-state index contributed by atoms with van der Waals surface area (Å²) in [4.78, 5) is 2.57. The molecule has 4 heteroatoms. The first kappa shape index (κ1) is 13.6. The Balaban J connectivity index is 1.60. The molecule has 1 aliphatic heterocycles. The van der Waals surface area contributed by atoms with E-state index < -0.39 is 0 Å². The maximum atomic E-state index is 3.57. The van der Waals surface area contributed by atoms with E-state index >= 15 is 0 Å². The van der Waals surface area contributed by atoms with Crippen LogP contribution in [0.4, 0.5) is 0 Å². The molecule has 1 aliphatic rings. The van der Waals surface area contributed by atoms with Gasteiger partial charge in [0, 0.05) is 35.4 Å². The second kappa shape index (κ2) is 6.35. The third-order valence-electron chi connectivity index (χ3n) is 3.75. The fourth-order valence-electron chi connectivity index (χ4n) is 2.68. The Morgan fingerprint density at radius 1 is 1.26 bits per heavy atom. The number of rotatable bonds is 4. The molecule has 2 nitrogen and oxygen atoms in total. The minimum atomic E-state index is 1.15. The van der Waals surface area contributed by atoms with Crippen molar-refractivity contribution in [2.75, 3.05) is 32.7 Å². The van der Waals surface area contributed by atoms with Gasteiger partial charge in [0.15, 0.2) is 0 Å². The molecule has 2 heterocycles. The maximum absolute atomic E-state index is 3.57. The number of thiophene rings is 1. The van der Waals surface area contributed by atoms with Crippen molar-refractivity contribution in [1.82, 2.24) is 10.2 Å². The van der Waals surface area contributed by atoms with Gasteiger partial charge in [-0.25, -0.2) is 0 Å². The molecule has 0 saturated carbocycles. The minimum Gasteiger partial charge on any atom is -0.314 e. The number of halogens is 1. The molecule has 0 spiro atoms. The average molecular weight is 339 g/mol. The van der Waals surface area contributed by atoms with Crippen LogP contribution in [0.25, 0.3) is 10.1 Å². The van der Waals surface area contributed by atoms with E-state index in [0.717, 1.165) is 13.1 Å². The van der Waals surface area contributed by atoms with Crippen molar-refractivity contribution in [1.29, 1.82) is 0 Å². The number of nitrogens with zero attached hydrogens (tertiary/aromatic N) is 1. The van der Waals surface area contributed by atoms with Gasteiger partial charge in [0.1, 0.15) is 0 Å². The van der Waals surface area contributed by atoms with Gasteiger partial charge in [0.2, 0.25) is 0 Å². The lowest BCUT2D eigenvalue weighted by molar-refractivity contribution is 0.238. The zero-order valence-corrected chi connectivity index (χ0v) is 13.4.